The molecule has 2 unspecified atom stereocenters. The Morgan fingerprint density at radius 1 is 1.36 bits per heavy atom. The van der Waals surface area contributed by atoms with E-state index in [0.717, 1.165) is 17.0 Å². The molecule has 4 N–H and O–H groups in total. The fraction of sp³-hybridized carbons (Fsp3) is 0.286. The number of thiazole rings is 1. The first-order chi connectivity index (χ1) is 10.4. The first-order valence-corrected chi connectivity index (χ1v) is 8.64. The number of halogens is 1. The van der Waals surface area contributed by atoms with Crippen molar-refractivity contribution in [1.82, 2.24) is 4.98 Å². The van der Waals surface area contributed by atoms with Gasteiger partial charge in [0.1, 0.15) is 11.3 Å². The van der Waals surface area contributed by atoms with Gasteiger partial charge in [0.2, 0.25) is 0 Å². The molecule has 22 heavy (non-hydrogen) atoms. The number of methoxy groups -OCH3 is 1. The molecule has 116 valence electrons. The maximum Gasteiger partial charge on any atom is 0.180 e. The highest BCUT2D eigenvalue weighted by atomic mass is 35.5. The number of aliphatic imine (C=N–C) groups is 1. The molecule has 0 amide bonds. The number of nitrogens with two attached hydrogens (primary N) is 2. The van der Waals surface area contributed by atoms with E-state index in [2.05, 4.69) is 9.98 Å². The monoisotopic (exact) mass is 354 g/mol. The van der Waals surface area contributed by atoms with E-state index in [-0.39, 0.29) is 5.25 Å². The van der Waals surface area contributed by atoms with Crippen LogP contribution in [0.5, 0.6) is 5.75 Å². The third-order valence-corrected chi connectivity index (χ3v) is 5.80. The predicted molar refractivity (Wildman–Crippen MR) is 93.8 cm³/mol. The summed E-state index contributed by atoms with van der Waals surface area (Å²) < 4.78 is 5.48. The number of nitrogens with zero attached hydrogens (tertiary/aromatic N) is 2. The van der Waals surface area contributed by atoms with Gasteiger partial charge < -0.3 is 16.2 Å². The molecule has 1 aliphatic rings. The van der Waals surface area contributed by atoms with Crippen molar-refractivity contribution in [3.8, 4) is 5.75 Å². The Bertz CT molecular complexity index is 748. The zero-order valence-electron chi connectivity index (χ0n) is 12.0. The van der Waals surface area contributed by atoms with E-state index in [1.54, 1.807) is 13.2 Å². The molecule has 2 atom stereocenters. The lowest BCUT2D eigenvalue weighted by atomic mass is 9.87. The van der Waals surface area contributed by atoms with Gasteiger partial charge in [-0.2, -0.15) is 0 Å². The average Bonchev–Trinajstić information content (AvgIpc) is 3.03. The van der Waals surface area contributed by atoms with Crippen molar-refractivity contribution in [2.75, 3.05) is 12.8 Å². The molecule has 2 heterocycles. The van der Waals surface area contributed by atoms with Crippen molar-refractivity contribution in [3.63, 3.8) is 0 Å². The zero-order valence-corrected chi connectivity index (χ0v) is 14.4. The van der Waals surface area contributed by atoms with Crippen molar-refractivity contribution in [2.45, 2.75) is 17.7 Å². The second-order valence-electron chi connectivity index (χ2n) is 5.05. The molecule has 0 saturated carbocycles. The summed E-state index contributed by atoms with van der Waals surface area (Å²) in [5.74, 6) is 0.721. The molecule has 3 rings (SSSR count). The number of anilines is 1. The van der Waals surface area contributed by atoms with Crippen molar-refractivity contribution in [2.24, 2.45) is 10.7 Å². The van der Waals surface area contributed by atoms with E-state index in [0.29, 0.717) is 15.3 Å². The molecule has 1 aliphatic heterocycles. The molecule has 1 aromatic carbocycles. The Morgan fingerprint density at radius 3 is 2.77 bits per heavy atom. The number of ether oxygens (including phenoxy) is 1. The second-order valence-corrected chi connectivity index (χ2v) is 7.50. The summed E-state index contributed by atoms with van der Waals surface area (Å²) in [4.78, 5) is 9.05. The predicted octanol–water partition coefficient (Wildman–Crippen LogP) is 3.41. The summed E-state index contributed by atoms with van der Waals surface area (Å²) in [5, 5.41) is 3.53. The summed E-state index contributed by atoms with van der Waals surface area (Å²) in [5.41, 5.74) is 12.9. The summed E-state index contributed by atoms with van der Waals surface area (Å²) >= 11 is 9.06. The lowest BCUT2D eigenvalue weighted by Gasteiger charge is -2.29. The smallest absolute Gasteiger partial charge is 0.180 e. The van der Waals surface area contributed by atoms with E-state index >= 15 is 0 Å². The topological polar surface area (TPSA) is 86.5 Å². The Labute approximate surface area is 141 Å². The maximum absolute atomic E-state index is 6.17. The van der Waals surface area contributed by atoms with Gasteiger partial charge in [0.15, 0.2) is 10.3 Å². The Morgan fingerprint density at radius 2 is 2.14 bits per heavy atom. The van der Waals surface area contributed by atoms with Crippen LogP contribution in [0.25, 0.3) is 0 Å². The molecule has 5 nitrogen and oxygen atoms in total. The molecular weight excluding hydrogens is 340 g/mol. The minimum Gasteiger partial charge on any atom is -0.496 e. The summed E-state index contributed by atoms with van der Waals surface area (Å²) in [6.07, 6.45) is 0. The molecule has 2 aromatic rings. The Kier molecular flexibility index (Phi) is 3.96. The van der Waals surface area contributed by atoms with Crippen LogP contribution < -0.4 is 16.2 Å². The number of benzene rings is 1. The third kappa shape index (κ3) is 2.53. The lowest BCUT2D eigenvalue weighted by Crippen LogP contribution is -2.24. The largest absolute Gasteiger partial charge is 0.496 e. The minimum absolute atomic E-state index is 0.0755. The average molecular weight is 355 g/mol. The molecule has 8 heteroatoms. The number of hydrogen-bond donors (Lipinski definition) is 2. The highest BCUT2D eigenvalue weighted by molar-refractivity contribution is 8.14. The standard InChI is InChI=1S/C14H15ClN4OS2/c1-14(8-5-7(15)3-4-10(8)20-2)11(22-13(17)19-14)9-6-21-12(16)18-9/h3-6,11H,1-2H3,(H2,16,18)(H2,17,19). The highest BCUT2D eigenvalue weighted by Crippen LogP contribution is 2.54. The number of nitrogen functional groups attached to an aromatic ring is 1. The summed E-state index contributed by atoms with van der Waals surface area (Å²) in [6.45, 7) is 2.01. The van der Waals surface area contributed by atoms with Crippen LogP contribution in [0.3, 0.4) is 0 Å². The van der Waals surface area contributed by atoms with Gasteiger partial charge in [0.05, 0.1) is 18.1 Å². The van der Waals surface area contributed by atoms with Crippen LogP contribution in [-0.2, 0) is 5.54 Å². The van der Waals surface area contributed by atoms with Gasteiger partial charge in [0.25, 0.3) is 0 Å². The van der Waals surface area contributed by atoms with Gasteiger partial charge in [-0.25, -0.2) is 9.98 Å². The maximum atomic E-state index is 6.17. The van der Waals surface area contributed by atoms with E-state index in [9.17, 15) is 0 Å². The van der Waals surface area contributed by atoms with E-state index in [4.69, 9.17) is 27.8 Å². The highest BCUT2D eigenvalue weighted by Gasteiger charge is 2.45. The summed E-state index contributed by atoms with van der Waals surface area (Å²) in [6, 6.07) is 5.49. The summed E-state index contributed by atoms with van der Waals surface area (Å²) in [7, 11) is 1.63. The third-order valence-electron chi connectivity index (χ3n) is 3.61. The number of thioether (sulfide) groups is 1. The van der Waals surface area contributed by atoms with Gasteiger partial charge >= 0.3 is 0 Å². The SMILES string of the molecule is COc1ccc(Cl)cc1C1(C)N=C(N)SC1c1csc(N)n1. The number of amidine groups is 1. The van der Waals surface area contributed by atoms with Crippen molar-refractivity contribution in [3.05, 3.63) is 39.9 Å². The Hall–Kier alpha value is -1.44. The second kappa shape index (κ2) is 5.64. The fourth-order valence-electron chi connectivity index (χ4n) is 2.60. The number of rotatable bonds is 3. The van der Waals surface area contributed by atoms with Gasteiger partial charge in [0, 0.05) is 16.0 Å². The van der Waals surface area contributed by atoms with Crippen LogP contribution in [0, 0.1) is 0 Å². The molecule has 0 aliphatic carbocycles. The van der Waals surface area contributed by atoms with E-state index in [1.165, 1.54) is 23.1 Å². The van der Waals surface area contributed by atoms with Crippen molar-refractivity contribution < 1.29 is 4.74 Å². The zero-order chi connectivity index (χ0) is 15.9. The normalized spacial score (nSPS) is 24.3. The van der Waals surface area contributed by atoms with Crippen LogP contribution in [0.1, 0.15) is 23.4 Å². The molecular formula is C14H15ClN4OS2. The van der Waals surface area contributed by atoms with E-state index < -0.39 is 5.54 Å². The Balaban J connectivity index is 2.14. The molecule has 1 aromatic heterocycles. The molecule has 0 spiro atoms. The lowest BCUT2D eigenvalue weighted by molar-refractivity contribution is 0.386. The number of hydrogen-bond acceptors (Lipinski definition) is 7. The van der Waals surface area contributed by atoms with Gasteiger partial charge in [-0.05, 0) is 25.1 Å². The molecule has 0 fully saturated rings. The fourth-order valence-corrected chi connectivity index (χ4v) is 4.58. The van der Waals surface area contributed by atoms with Crippen molar-refractivity contribution >= 4 is 45.0 Å². The first-order valence-electron chi connectivity index (χ1n) is 6.51. The minimum atomic E-state index is -0.620. The van der Waals surface area contributed by atoms with Crippen LogP contribution >= 0.6 is 34.7 Å². The van der Waals surface area contributed by atoms with Crippen LogP contribution in [-0.4, -0.2) is 17.3 Å². The van der Waals surface area contributed by atoms with E-state index in [1.807, 2.05) is 24.4 Å². The molecule has 0 bridgehead atoms. The quantitative estimate of drug-likeness (QED) is 0.882. The molecule has 0 radical (unpaired) electrons. The van der Waals surface area contributed by atoms with Gasteiger partial charge in [-0.3, -0.25) is 0 Å². The van der Waals surface area contributed by atoms with Crippen LogP contribution in [0.15, 0.2) is 28.6 Å². The van der Waals surface area contributed by atoms with Crippen molar-refractivity contribution in [1.29, 1.82) is 0 Å². The van der Waals surface area contributed by atoms with Gasteiger partial charge in [-0.15, -0.1) is 11.3 Å². The van der Waals surface area contributed by atoms with Crippen LogP contribution in [0.4, 0.5) is 5.13 Å². The van der Waals surface area contributed by atoms with Crippen LogP contribution in [0.2, 0.25) is 5.02 Å². The molecule has 0 saturated heterocycles. The van der Waals surface area contributed by atoms with Gasteiger partial charge in [-0.1, -0.05) is 23.4 Å². The number of aromatic nitrogens is 1. The first kappa shape index (κ1) is 15.5.